The molecular weight excluding hydrogens is 232 g/mol. The lowest BCUT2D eigenvalue weighted by Crippen LogP contribution is -1.93. The van der Waals surface area contributed by atoms with Crippen LogP contribution >= 0.6 is 11.5 Å². The molecule has 0 radical (unpaired) electrons. The van der Waals surface area contributed by atoms with E-state index in [9.17, 15) is 0 Å². The molecular formula is C12H12N4S. The summed E-state index contributed by atoms with van der Waals surface area (Å²) in [7, 11) is 0. The highest BCUT2D eigenvalue weighted by Gasteiger charge is 2.11. The number of para-hydroxylation sites is 2. The van der Waals surface area contributed by atoms with E-state index < -0.39 is 0 Å². The normalized spacial score (nSPS) is 11.5. The summed E-state index contributed by atoms with van der Waals surface area (Å²) in [6.45, 7) is 4.19. The van der Waals surface area contributed by atoms with Crippen LogP contribution in [0.25, 0.3) is 16.2 Å². The first-order valence-corrected chi connectivity index (χ1v) is 6.29. The van der Waals surface area contributed by atoms with Crippen LogP contribution in [0.2, 0.25) is 0 Å². The molecule has 0 aliphatic carbocycles. The summed E-state index contributed by atoms with van der Waals surface area (Å²) in [6, 6.07) is 8.03. The summed E-state index contributed by atoms with van der Waals surface area (Å²) in [5, 5.41) is 0.877. The SMILES string of the molecule is CC(C)c1nsc(-n2cnc3ccccc32)n1. The fourth-order valence-corrected chi connectivity index (χ4v) is 2.47. The molecule has 0 aliphatic rings. The predicted molar refractivity (Wildman–Crippen MR) is 68.6 cm³/mol. The molecule has 5 heteroatoms. The van der Waals surface area contributed by atoms with Gasteiger partial charge in [-0.3, -0.25) is 4.57 Å². The minimum absolute atomic E-state index is 0.356. The average molecular weight is 244 g/mol. The molecule has 0 fully saturated rings. The Balaban J connectivity index is 2.14. The molecule has 2 aromatic heterocycles. The van der Waals surface area contributed by atoms with Gasteiger partial charge in [0.25, 0.3) is 0 Å². The van der Waals surface area contributed by atoms with Gasteiger partial charge in [-0.05, 0) is 12.1 Å². The van der Waals surface area contributed by atoms with Crippen molar-refractivity contribution in [1.29, 1.82) is 0 Å². The van der Waals surface area contributed by atoms with E-state index in [1.54, 1.807) is 6.33 Å². The minimum atomic E-state index is 0.356. The Morgan fingerprint density at radius 3 is 2.82 bits per heavy atom. The summed E-state index contributed by atoms with van der Waals surface area (Å²) in [6.07, 6.45) is 1.80. The summed E-state index contributed by atoms with van der Waals surface area (Å²) in [4.78, 5) is 8.88. The number of imidazole rings is 1. The van der Waals surface area contributed by atoms with Crippen LogP contribution in [-0.2, 0) is 0 Å². The smallest absolute Gasteiger partial charge is 0.215 e. The Kier molecular flexibility index (Phi) is 2.40. The van der Waals surface area contributed by atoms with Crippen LogP contribution in [-0.4, -0.2) is 18.9 Å². The van der Waals surface area contributed by atoms with Gasteiger partial charge < -0.3 is 0 Å². The quantitative estimate of drug-likeness (QED) is 0.696. The first-order valence-electron chi connectivity index (χ1n) is 5.52. The van der Waals surface area contributed by atoms with E-state index in [2.05, 4.69) is 28.2 Å². The molecule has 0 saturated carbocycles. The molecule has 17 heavy (non-hydrogen) atoms. The van der Waals surface area contributed by atoms with Gasteiger partial charge in [-0.1, -0.05) is 26.0 Å². The topological polar surface area (TPSA) is 43.6 Å². The van der Waals surface area contributed by atoms with E-state index in [1.807, 2.05) is 28.8 Å². The number of benzene rings is 1. The number of fused-ring (bicyclic) bond motifs is 1. The van der Waals surface area contributed by atoms with Crippen LogP contribution in [0.1, 0.15) is 25.6 Å². The molecule has 0 unspecified atom stereocenters. The monoisotopic (exact) mass is 244 g/mol. The van der Waals surface area contributed by atoms with Crippen molar-refractivity contribution in [2.24, 2.45) is 0 Å². The summed E-state index contributed by atoms with van der Waals surface area (Å²) in [5.74, 6) is 1.25. The highest BCUT2D eigenvalue weighted by Crippen LogP contribution is 2.21. The summed E-state index contributed by atoms with van der Waals surface area (Å²) < 4.78 is 6.35. The minimum Gasteiger partial charge on any atom is -0.273 e. The van der Waals surface area contributed by atoms with E-state index in [1.165, 1.54) is 11.5 Å². The van der Waals surface area contributed by atoms with Gasteiger partial charge in [0.1, 0.15) is 12.2 Å². The van der Waals surface area contributed by atoms with Gasteiger partial charge >= 0.3 is 0 Å². The second kappa shape index (κ2) is 3.92. The lowest BCUT2D eigenvalue weighted by atomic mass is 10.2. The third-order valence-corrected chi connectivity index (χ3v) is 3.34. The number of hydrogen-bond acceptors (Lipinski definition) is 4. The molecule has 3 aromatic rings. The van der Waals surface area contributed by atoms with E-state index in [4.69, 9.17) is 0 Å². The molecule has 0 saturated heterocycles. The van der Waals surface area contributed by atoms with Crippen LogP contribution in [0.15, 0.2) is 30.6 Å². The maximum absolute atomic E-state index is 4.53. The third-order valence-electron chi connectivity index (χ3n) is 2.61. The Hall–Kier alpha value is -1.75. The fourth-order valence-electron chi connectivity index (χ4n) is 1.67. The van der Waals surface area contributed by atoms with E-state index in [0.29, 0.717) is 5.92 Å². The molecule has 0 bridgehead atoms. The Labute approximate surface area is 103 Å². The molecule has 0 aliphatic heterocycles. The third kappa shape index (κ3) is 1.72. The van der Waals surface area contributed by atoms with Gasteiger partial charge in [-0.25, -0.2) is 9.97 Å². The summed E-state index contributed by atoms with van der Waals surface area (Å²) in [5.41, 5.74) is 2.05. The van der Waals surface area contributed by atoms with Crippen LogP contribution in [0.5, 0.6) is 0 Å². The second-order valence-electron chi connectivity index (χ2n) is 4.19. The highest BCUT2D eigenvalue weighted by atomic mass is 32.1. The molecule has 0 N–H and O–H groups in total. The molecule has 0 atom stereocenters. The van der Waals surface area contributed by atoms with E-state index >= 15 is 0 Å². The Bertz CT molecular complexity index is 653. The van der Waals surface area contributed by atoms with Gasteiger partial charge in [-0.2, -0.15) is 4.37 Å². The molecule has 0 amide bonds. The lowest BCUT2D eigenvalue weighted by molar-refractivity contribution is 0.794. The van der Waals surface area contributed by atoms with Crippen molar-refractivity contribution in [3.8, 4) is 5.13 Å². The highest BCUT2D eigenvalue weighted by molar-refractivity contribution is 7.08. The van der Waals surface area contributed by atoms with Gasteiger partial charge in [0.2, 0.25) is 5.13 Å². The van der Waals surface area contributed by atoms with Crippen molar-refractivity contribution in [2.45, 2.75) is 19.8 Å². The molecule has 2 heterocycles. The second-order valence-corrected chi connectivity index (χ2v) is 4.92. The lowest BCUT2D eigenvalue weighted by Gasteiger charge is -1.98. The number of rotatable bonds is 2. The zero-order chi connectivity index (χ0) is 11.8. The molecule has 1 aromatic carbocycles. The van der Waals surface area contributed by atoms with Crippen LogP contribution in [0, 0.1) is 0 Å². The first-order chi connectivity index (χ1) is 8.25. The fraction of sp³-hybridized carbons (Fsp3) is 0.250. The summed E-state index contributed by atoms with van der Waals surface area (Å²) >= 11 is 1.41. The first kappa shape index (κ1) is 10.4. The van der Waals surface area contributed by atoms with E-state index in [0.717, 1.165) is 22.0 Å². The number of hydrogen-bond donors (Lipinski definition) is 0. The maximum Gasteiger partial charge on any atom is 0.215 e. The number of aromatic nitrogens is 4. The zero-order valence-electron chi connectivity index (χ0n) is 9.66. The molecule has 0 spiro atoms. The van der Waals surface area contributed by atoms with Crippen LogP contribution < -0.4 is 0 Å². The van der Waals surface area contributed by atoms with Crippen molar-refractivity contribution in [3.05, 3.63) is 36.4 Å². The maximum atomic E-state index is 4.53. The average Bonchev–Trinajstić information content (AvgIpc) is 2.95. The van der Waals surface area contributed by atoms with Crippen LogP contribution in [0.3, 0.4) is 0 Å². The van der Waals surface area contributed by atoms with Crippen molar-refractivity contribution < 1.29 is 0 Å². The van der Waals surface area contributed by atoms with Gasteiger partial charge in [0, 0.05) is 17.5 Å². The number of nitrogens with zero attached hydrogens (tertiary/aromatic N) is 4. The van der Waals surface area contributed by atoms with Gasteiger partial charge in [-0.15, -0.1) is 0 Å². The van der Waals surface area contributed by atoms with Gasteiger partial charge in [0.05, 0.1) is 11.0 Å². The molecule has 4 nitrogen and oxygen atoms in total. The Morgan fingerprint density at radius 2 is 2.06 bits per heavy atom. The standard InChI is InChI=1S/C12H12N4S/c1-8(2)11-14-12(17-15-11)16-7-13-9-5-3-4-6-10(9)16/h3-8H,1-2H3. The van der Waals surface area contributed by atoms with E-state index in [-0.39, 0.29) is 0 Å². The molecule has 86 valence electrons. The largest absolute Gasteiger partial charge is 0.273 e. The molecule has 3 rings (SSSR count). The van der Waals surface area contributed by atoms with Crippen molar-refractivity contribution >= 4 is 22.6 Å². The predicted octanol–water partition coefficient (Wildman–Crippen LogP) is 3.00. The van der Waals surface area contributed by atoms with Crippen molar-refractivity contribution in [1.82, 2.24) is 18.9 Å². The van der Waals surface area contributed by atoms with Crippen molar-refractivity contribution in [3.63, 3.8) is 0 Å². The van der Waals surface area contributed by atoms with Crippen LogP contribution in [0.4, 0.5) is 0 Å². The van der Waals surface area contributed by atoms with Crippen molar-refractivity contribution in [2.75, 3.05) is 0 Å². The van der Waals surface area contributed by atoms with Gasteiger partial charge in [0.15, 0.2) is 0 Å². The Morgan fingerprint density at radius 1 is 1.24 bits per heavy atom. The zero-order valence-corrected chi connectivity index (χ0v) is 10.5.